The SMILES string of the molecule is COc1cccc(NC(=O)CSc2cccc(NC(=S)Nc3ccccc3)c2)c1. The fraction of sp³-hybridized carbons (Fsp3) is 0.0909. The molecule has 3 rings (SSSR count). The summed E-state index contributed by atoms with van der Waals surface area (Å²) in [6.07, 6.45) is 0. The van der Waals surface area contributed by atoms with Crippen molar-refractivity contribution < 1.29 is 9.53 Å². The Hall–Kier alpha value is -3.03. The normalized spacial score (nSPS) is 10.1. The molecule has 0 aliphatic rings. The number of para-hydroxylation sites is 1. The molecule has 0 aliphatic heterocycles. The molecule has 5 nitrogen and oxygen atoms in total. The van der Waals surface area contributed by atoms with Crippen LogP contribution < -0.4 is 20.7 Å². The van der Waals surface area contributed by atoms with Crippen LogP contribution in [0.5, 0.6) is 5.75 Å². The second-order valence-corrected chi connectivity index (χ2v) is 7.50. The predicted molar refractivity (Wildman–Crippen MR) is 125 cm³/mol. The van der Waals surface area contributed by atoms with Crippen molar-refractivity contribution in [2.24, 2.45) is 0 Å². The minimum Gasteiger partial charge on any atom is -0.497 e. The van der Waals surface area contributed by atoms with E-state index in [-0.39, 0.29) is 5.91 Å². The molecular weight excluding hydrogens is 402 g/mol. The number of nitrogens with one attached hydrogen (secondary N) is 3. The molecule has 3 aromatic rings. The van der Waals surface area contributed by atoms with E-state index in [9.17, 15) is 4.79 Å². The Labute approximate surface area is 179 Å². The summed E-state index contributed by atoms with van der Waals surface area (Å²) in [6, 6.07) is 24.8. The Balaban J connectivity index is 1.51. The minimum absolute atomic E-state index is 0.0807. The van der Waals surface area contributed by atoms with Gasteiger partial charge in [-0.2, -0.15) is 0 Å². The van der Waals surface area contributed by atoms with Gasteiger partial charge in [-0.1, -0.05) is 30.3 Å². The maximum Gasteiger partial charge on any atom is 0.234 e. The van der Waals surface area contributed by atoms with Gasteiger partial charge in [0.1, 0.15) is 5.75 Å². The van der Waals surface area contributed by atoms with Crippen molar-refractivity contribution in [1.29, 1.82) is 0 Å². The van der Waals surface area contributed by atoms with E-state index in [4.69, 9.17) is 17.0 Å². The molecule has 0 radical (unpaired) electrons. The molecule has 0 atom stereocenters. The van der Waals surface area contributed by atoms with E-state index < -0.39 is 0 Å². The van der Waals surface area contributed by atoms with Crippen molar-refractivity contribution in [2.45, 2.75) is 4.90 Å². The molecule has 0 saturated heterocycles. The quantitative estimate of drug-likeness (QED) is 0.357. The van der Waals surface area contributed by atoms with E-state index in [1.807, 2.05) is 72.8 Å². The third-order valence-electron chi connectivity index (χ3n) is 3.85. The number of methoxy groups -OCH3 is 1. The second-order valence-electron chi connectivity index (χ2n) is 6.04. The molecule has 0 fully saturated rings. The summed E-state index contributed by atoms with van der Waals surface area (Å²) in [4.78, 5) is 13.2. The highest BCUT2D eigenvalue weighted by Crippen LogP contribution is 2.23. The lowest BCUT2D eigenvalue weighted by Crippen LogP contribution is -2.19. The summed E-state index contributed by atoms with van der Waals surface area (Å²) in [7, 11) is 1.60. The first-order valence-corrected chi connectivity index (χ1v) is 10.3. The van der Waals surface area contributed by atoms with Gasteiger partial charge < -0.3 is 20.7 Å². The van der Waals surface area contributed by atoms with Crippen LogP contribution in [0.15, 0.2) is 83.8 Å². The zero-order chi connectivity index (χ0) is 20.5. The highest BCUT2D eigenvalue weighted by Gasteiger charge is 2.06. The predicted octanol–water partition coefficient (Wildman–Crippen LogP) is 5.23. The molecule has 0 unspecified atom stereocenters. The maximum atomic E-state index is 12.2. The zero-order valence-corrected chi connectivity index (χ0v) is 17.5. The molecule has 0 aromatic heterocycles. The van der Waals surface area contributed by atoms with Crippen molar-refractivity contribution in [1.82, 2.24) is 0 Å². The van der Waals surface area contributed by atoms with E-state index in [2.05, 4.69) is 16.0 Å². The number of rotatable bonds is 7. The molecule has 0 heterocycles. The third-order valence-corrected chi connectivity index (χ3v) is 5.04. The van der Waals surface area contributed by atoms with Gasteiger partial charge in [0.2, 0.25) is 5.91 Å². The number of anilines is 3. The zero-order valence-electron chi connectivity index (χ0n) is 15.8. The smallest absolute Gasteiger partial charge is 0.234 e. The lowest BCUT2D eigenvalue weighted by Gasteiger charge is -2.11. The second kappa shape index (κ2) is 10.5. The van der Waals surface area contributed by atoms with E-state index >= 15 is 0 Å². The average Bonchev–Trinajstić information content (AvgIpc) is 2.73. The van der Waals surface area contributed by atoms with Crippen molar-refractivity contribution >= 4 is 52.1 Å². The molecule has 7 heteroatoms. The summed E-state index contributed by atoms with van der Waals surface area (Å²) in [5, 5.41) is 9.68. The summed E-state index contributed by atoms with van der Waals surface area (Å²) >= 11 is 6.81. The van der Waals surface area contributed by atoms with Crippen molar-refractivity contribution in [3.05, 3.63) is 78.9 Å². The van der Waals surface area contributed by atoms with E-state index in [1.165, 1.54) is 11.8 Å². The van der Waals surface area contributed by atoms with Crippen molar-refractivity contribution in [3.63, 3.8) is 0 Å². The first-order valence-electron chi connectivity index (χ1n) is 8.92. The number of thiocarbonyl (C=S) groups is 1. The van der Waals surface area contributed by atoms with Crippen LogP contribution >= 0.6 is 24.0 Å². The van der Waals surface area contributed by atoms with E-state index in [0.29, 0.717) is 22.3 Å². The summed E-state index contributed by atoms with van der Waals surface area (Å²) in [6.45, 7) is 0. The third kappa shape index (κ3) is 6.81. The number of carbonyl (C=O) groups excluding carboxylic acids is 1. The van der Waals surface area contributed by atoms with Crippen LogP contribution in [0.25, 0.3) is 0 Å². The van der Waals surface area contributed by atoms with Crippen LogP contribution in [-0.2, 0) is 4.79 Å². The van der Waals surface area contributed by atoms with Gasteiger partial charge in [0.15, 0.2) is 5.11 Å². The molecule has 0 aliphatic carbocycles. The van der Waals surface area contributed by atoms with Crippen LogP contribution in [0.1, 0.15) is 0 Å². The van der Waals surface area contributed by atoms with Gasteiger partial charge in [-0.15, -0.1) is 11.8 Å². The van der Waals surface area contributed by atoms with Gasteiger partial charge >= 0.3 is 0 Å². The molecule has 1 amide bonds. The molecule has 3 aromatic carbocycles. The van der Waals surface area contributed by atoms with Crippen LogP contribution in [0.2, 0.25) is 0 Å². The van der Waals surface area contributed by atoms with Crippen molar-refractivity contribution in [2.75, 3.05) is 28.8 Å². The number of benzene rings is 3. The summed E-state index contributed by atoms with van der Waals surface area (Å²) < 4.78 is 5.17. The van der Waals surface area contributed by atoms with Crippen LogP contribution in [-0.4, -0.2) is 23.9 Å². The average molecular weight is 424 g/mol. The van der Waals surface area contributed by atoms with E-state index in [0.717, 1.165) is 16.3 Å². The van der Waals surface area contributed by atoms with Gasteiger partial charge in [0.05, 0.1) is 12.9 Å². The Morgan fingerprint density at radius 1 is 0.862 bits per heavy atom. The minimum atomic E-state index is -0.0807. The first kappa shape index (κ1) is 20.7. The highest BCUT2D eigenvalue weighted by atomic mass is 32.2. The fourth-order valence-corrected chi connectivity index (χ4v) is 3.52. The van der Waals surface area contributed by atoms with Gasteiger partial charge in [-0.05, 0) is 54.7 Å². The van der Waals surface area contributed by atoms with E-state index in [1.54, 1.807) is 13.2 Å². The van der Waals surface area contributed by atoms with Crippen LogP contribution in [0.4, 0.5) is 17.1 Å². The standard InChI is InChI=1S/C22H21N3O2S2/c1-27-19-11-5-9-17(13-19)23-21(26)15-29-20-12-6-10-18(14-20)25-22(28)24-16-7-3-2-4-8-16/h2-14H,15H2,1H3,(H,23,26)(H2,24,25,28). The monoisotopic (exact) mass is 423 g/mol. The molecule has 0 bridgehead atoms. The Bertz CT molecular complexity index is 981. The number of thioether (sulfide) groups is 1. The molecule has 148 valence electrons. The van der Waals surface area contributed by atoms with Gasteiger partial charge in [0, 0.05) is 28.0 Å². The van der Waals surface area contributed by atoms with Crippen LogP contribution in [0.3, 0.4) is 0 Å². The first-order chi connectivity index (χ1) is 14.1. The number of hydrogen-bond donors (Lipinski definition) is 3. The number of hydrogen-bond acceptors (Lipinski definition) is 4. The number of amides is 1. The summed E-state index contributed by atoms with van der Waals surface area (Å²) in [5.74, 6) is 0.921. The van der Waals surface area contributed by atoms with Gasteiger partial charge in [0.25, 0.3) is 0 Å². The molecule has 0 spiro atoms. The Kier molecular flexibility index (Phi) is 7.49. The lowest BCUT2D eigenvalue weighted by molar-refractivity contribution is -0.113. The number of ether oxygens (including phenoxy) is 1. The molecule has 0 saturated carbocycles. The highest BCUT2D eigenvalue weighted by molar-refractivity contribution is 8.00. The Morgan fingerprint density at radius 3 is 2.28 bits per heavy atom. The molecular formula is C22H21N3O2S2. The Morgan fingerprint density at radius 2 is 1.52 bits per heavy atom. The molecule has 29 heavy (non-hydrogen) atoms. The maximum absolute atomic E-state index is 12.2. The van der Waals surface area contributed by atoms with Crippen LogP contribution in [0, 0.1) is 0 Å². The van der Waals surface area contributed by atoms with Crippen molar-refractivity contribution in [3.8, 4) is 5.75 Å². The summed E-state index contributed by atoms with van der Waals surface area (Å²) in [5.41, 5.74) is 2.49. The molecule has 3 N–H and O–H groups in total. The topological polar surface area (TPSA) is 62.4 Å². The van der Waals surface area contributed by atoms with Gasteiger partial charge in [-0.25, -0.2) is 0 Å². The van der Waals surface area contributed by atoms with Gasteiger partial charge in [-0.3, -0.25) is 4.79 Å². The fourth-order valence-electron chi connectivity index (χ4n) is 2.53. The largest absolute Gasteiger partial charge is 0.497 e. The lowest BCUT2D eigenvalue weighted by atomic mass is 10.3. The number of carbonyl (C=O) groups is 1.